The summed E-state index contributed by atoms with van der Waals surface area (Å²) in [5, 5.41) is 4.03. The van der Waals surface area contributed by atoms with Gasteiger partial charge in [-0.15, -0.1) is 0 Å². The van der Waals surface area contributed by atoms with E-state index in [0.717, 1.165) is 55.2 Å². The molecule has 0 radical (unpaired) electrons. The molecule has 0 unspecified atom stereocenters. The van der Waals surface area contributed by atoms with Crippen LogP contribution in [-0.4, -0.2) is 29.5 Å². The predicted molar refractivity (Wildman–Crippen MR) is 117 cm³/mol. The van der Waals surface area contributed by atoms with Gasteiger partial charge in [0.05, 0.1) is 17.7 Å². The summed E-state index contributed by atoms with van der Waals surface area (Å²) >= 11 is 0. The van der Waals surface area contributed by atoms with E-state index in [4.69, 9.17) is 4.84 Å². The van der Waals surface area contributed by atoms with Crippen molar-refractivity contribution in [2.75, 3.05) is 13.2 Å². The van der Waals surface area contributed by atoms with Crippen LogP contribution in [-0.2, 0) is 22.6 Å². The lowest BCUT2D eigenvalue weighted by Gasteiger charge is -2.14. The number of aromatic nitrogens is 1. The van der Waals surface area contributed by atoms with Crippen molar-refractivity contribution < 1.29 is 14.4 Å². The molecule has 2 amide bonds. The quantitative estimate of drug-likeness (QED) is 0.490. The number of hydrogen-bond donors (Lipinski definition) is 2. The normalized spacial score (nSPS) is 15.1. The lowest BCUT2D eigenvalue weighted by atomic mass is 10.0. The van der Waals surface area contributed by atoms with Crippen molar-refractivity contribution in [3.05, 3.63) is 59.3 Å². The number of allylic oxidation sites excluding steroid dienone is 2. The number of hydrogen-bond acceptors (Lipinski definition) is 3. The zero-order valence-corrected chi connectivity index (χ0v) is 17.3. The smallest absolute Gasteiger partial charge is 0.253 e. The minimum Gasteiger partial charge on any atom is -0.352 e. The molecular weight excluding hydrogens is 378 g/mol. The van der Waals surface area contributed by atoms with Crippen molar-refractivity contribution in [2.24, 2.45) is 0 Å². The average Bonchev–Trinajstić information content (AvgIpc) is 3.15. The fourth-order valence-electron chi connectivity index (χ4n) is 4.17. The van der Waals surface area contributed by atoms with Crippen LogP contribution in [0.4, 0.5) is 0 Å². The van der Waals surface area contributed by atoms with Crippen molar-refractivity contribution >= 4 is 22.7 Å². The van der Waals surface area contributed by atoms with Crippen LogP contribution in [0, 0.1) is 0 Å². The fourth-order valence-corrected chi connectivity index (χ4v) is 4.17. The van der Waals surface area contributed by atoms with Gasteiger partial charge < -0.3 is 9.88 Å². The first-order valence-corrected chi connectivity index (χ1v) is 10.9. The highest BCUT2D eigenvalue weighted by atomic mass is 16.6. The number of carbonyl (C=O) groups is 2. The summed E-state index contributed by atoms with van der Waals surface area (Å²) in [4.78, 5) is 29.8. The van der Waals surface area contributed by atoms with Crippen LogP contribution in [0.5, 0.6) is 0 Å². The van der Waals surface area contributed by atoms with E-state index in [-0.39, 0.29) is 11.8 Å². The predicted octanol–water partition coefficient (Wildman–Crippen LogP) is 3.81. The van der Waals surface area contributed by atoms with E-state index in [9.17, 15) is 9.59 Å². The zero-order chi connectivity index (χ0) is 20.8. The lowest BCUT2D eigenvalue weighted by molar-refractivity contribution is -0.132. The molecule has 0 saturated heterocycles. The lowest BCUT2D eigenvalue weighted by Crippen LogP contribution is -2.26. The Morgan fingerprint density at radius 2 is 2.10 bits per heavy atom. The van der Waals surface area contributed by atoms with E-state index >= 15 is 0 Å². The second-order valence-electron chi connectivity index (χ2n) is 7.94. The second kappa shape index (κ2) is 9.76. The number of nitrogens with zero attached hydrogens (tertiary/aromatic N) is 1. The van der Waals surface area contributed by atoms with E-state index in [1.54, 1.807) is 0 Å². The molecule has 6 heteroatoms. The van der Waals surface area contributed by atoms with Crippen molar-refractivity contribution in [1.29, 1.82) is 0 Å². The van der Waals surface area contributed by atoms with Crippen molar-refractivity contribution in [2.45, 2.75) is 51.5 Å². The monoisotopic (exact) mass is 407 g/mol. The minimum atomic E-state index is -0.129. The molecule has 1 aromatic heterocycles. The van der Waals surface area contributed by atoms with Gasteiger partial charge >= 0.3 is 0 Å². The summed E-state index contributed by atoms with van der Waals surface area (Å²) in [5.74, 6) is -0.171. The van der Waals surface area contributed by atoms with E-state index < -0.39 is 0 Å². The summed E-state index contributed by atoms with van der Waals surface area (Å²) in [7, 11) is 0. The van der Waals surface area contributed by atoms with Crippen LogP contribution in [0.2, 0.25) is 0 Å². The summed E-state index contributed by atoms with van der Waals surface area (Å²) < 4.78 is 2.20. The van der Waals surface area contributed by atoms with Crippen molar-refractivity contribution in [3.63, 3.8) is 0 Å². The van der Waals surface area contributed by atoms with Gasteiger partial charge in [-0.25, -0.2) is 5.48 Å². The highest BCUT2D eigenvalue weighted by Crippen LogP contribution is 2.29. The molecule has 0 fully saturated rings. The standard InChI is InChI=1S/C24H29N3O3/c28-22(26-30-17-18-8-2-1-3-9-18)13-4-5-14-25-24(29)21-16-27-15-7-11-19-10-6-12-20(21)23(19)27/h2,6,8-10,12,16H,1,3-5,7,11,13-15,17H2,(H,25,29)(H,26,28). The van der Waals surface area contributed by atoms with Gasteiger partial charge in [0.15, 0.2) is 0 Å². The molecule has 1 aromatic carbocycles. The summed E-state index contributed by atoms with van der Waals surface area (Å²) in [6, 6.07) is 6.21. The second-order valence-corrected chi connectivity index (χ2v) is 7.94. The molecule has 6 nitrogen and oxygen atoms in total. The Balaban J connectivity index is 1.17. The zero-order valence-electron chi connectivity index (χ0n) is 17.3. The maximum absolute atomic E-state index is 12.7. The molecule has 2 N–H and O–H groups in total. The topological polar surface area (TPSA) is 72.4 Å². The van der Waals surface area contributed by atoms with Crippen LogP contribution in [0.25, 0.3) is 10.9 Å². The number of carbonyl (C=O) groups excluding carboxylic acids is 2. The molecule has 0 spiro atoms. The van der Waals surface area contributed by atoms with Gasteiger partial charge in [-0.05, 0) is 49.7 Å². The summed E-state index contributed by atoms with van der Waals surface area (Å²) in [6.45, 7) is 1.91. The number of amides is 2. The van der Waals surface area contributed by atoms with E-state index in [2.05, 4.69) is 33.6 Å². The number of unbranched alkanes of at least 4 members (excludes halogenated alkanes) is 1. The third kappa shape index (κ3) is 4.82. The molecule has 0 bridgehead atoms. The Bertz CT molecular complexity index is 987. The SMILES string of the molecule is O=C(CCCCNC(=O)c1cn2c3c(cccc13)CCC2)NOCC1=CCCC=C1. The van der Waals surface area contributed by atoms with Crippen LogP contribution in [0.15, 0.2) is 48.2 Å². The van der Waals surface area contributed by atoms with E-state index in [1.807, 2.05) is 24.4 Å². The van der Waals surface area contributed by atoms with Gasteiger partial charge in [-0.3, -0.25) is 14.4 Å². The number of rotatable bonds is 9. The summed E-state index contributed by atoms with van der Waals surface area (Å²) in [5.41, 5.74) is 6.84. The molecule has 1 aliphatic heterocycles. The Hall–Kier alpha value is -2.86. The highest BCUT2D eigenvalue weighted by molar-refractivity contribution is 6.07. The van der Waals surface area contributed by atoms with Gasteiger partial charge in [-0.2, -0.15) is 0 Å². The van der Waals surface area contributed by atoms with Crippen LogP contribution in [0.3, 0.4) is 0 Å². The molecule has 0 saturated carbocycles. The number of nitrogens with one attached hydrogen (secondary N) is 2. The Morgan fingerprint density at radius 1 is 1.17 bits per heavy atom. The van der Waals surface area contributed by atoms with Gasteiger partial charge in [0.25, 0.3) is 5.91 Å². The molecule has 2 aromatic rings. The molecule has 2 aliphatic rings. The first kappa shape index (κ1) is 20.4. The number of hydroxylamine groups is 1. The van der Waals surface area contributed by atoms with Crippen LogP contribution < -0.4 is 10.8 Å². The third-order valence-electron chi connectivity index (χ3n) is 5.68. The summed E-state index contributed by atoms with van der Waals surface area (Å²) in [6.07, 6.45) is 14.3. The Morgan fingerprint density at radius 3 is 2.97 bits per heavy atom. The molecule has 2 heterocycles. The molecular formula is C24H29N3O3. The fraction of sp³-hybridized carbons (Fsp3) is 0.417. The van der Waals surface area contributed by atoms with Crippen molar-refractivity contribution in [1.82, 2.24) is 15.4 Å². The maximum atomic E-state index is 12.7. The first-order chi connectivity index (χ1) is 14.7. The molecule has 0 atom stereocenters. The van der Waals surface area contributed by atoms with Gasteiger partial charge in [0.2, 0.25) is 5.91 Å². The van der Waals surface area contributed by atoms with Crippen LogP contribution >= 0.6 is 0 Å². The number of benzene rings is 1. The van der Waals surface area contributed by atoms with E-state index in [0.29, 0.717) is 26.0 Å². The molecule has 30 heavy (non-hydrogen) atoms. The Kier molecular flexibility index (Phi) is 6.64. The van der Waals surface area contributed by atoms with Crippen molar-refractivity contribution in [3.8, 4) is 0 Å². The molecule has 158 valence electrons. The number of para-hydroxylation sites is 1. The minimum absolute atomic E-state index is 0.0422. The maximum Gasteiger partial charge on any atom is 0.253 e. The average molecular weight is 408 g/mol. The molecule has 4 rings (SSSR count). The van der Waals surface area contributed by atoms with Gasteiger partial charge in [-0.1, -0.05) is 36.4 Å². The largest absolute Gasteiger partial charge is 0.352 e. The molecule has 1 aliphatic carbocycles. The Labute approximate surface area is 176 Å². The van der Waals surface area contributed by atoms with E-state index in [1.165, 1.54) is 11.1 Å². The third-order valence-corrected chi connectivity index (χ3v) is 5.68. The first-order valence-electron chi connectivity index (χ1n) is 10.9. The van der Waals surface area contributed by atoms with Crippen LogP contribution in [0.1, 0.15) is 54.4 Å². The van der Waals surface area contributed by atoms with Gasteiger partial charge in [0.1, 0.15) is 0 Å². The highest BCUT2D eigenvalue weighted by Gasteiger charge is 2.19. The van der Waals surface area contributed by atoms with Gasteiger partial charge in [0, 0.05) is 31.1 Å². The number of aryl methyl sites for hydroxylation is 2.